The minimum absolute atomic E-state index is 0.0985. The number of hydrogen-bond acceptors (Lipinski definition) is 2. The third-order valence-corrected chi connectivity index (χ3v) is 4.68. The van der Waals surface area contributed by atoms with Crippen molar-refractivity contribution < 1.29 is 9.59 Å². The molecule has 132 valence electrons. The van der Waals surface area contributed by atoms with E-state index in [1.807, 2.05) is 36.4 Å². The molecule has 0 aromatic heterocycles. The van der Waals surface area contributed by atoms with Gasteiger partial charge in [-0.05, 0) is 17.2 Å². The maximum Gasteiger partial charge on any atom is 0.225 e. The molecule has 0 saturated heterocycles. The highest BCUT2D eigenvalue weighted by atomic mass is 35.5. The lowest BCUT2D eigenvalue weighted by Crippen LogP contribution is -2.33. The summed E-state index contributed by atoms with van der Waals surface area (Å²) < 4.78 is 0. The number of hydrogen-bond donors (Lipinski definition) is 1. The normalized spacial score (nSPS) is 11.7. The lowest BCUT2D eigenvalue weighted by atomic mass is 10.0. The highest BCUT2D eigenvalue weighted by molar-refractivity contribution is 6.42. The van der Waals surface area contributed by atoms with Gasteiger partial charge in [-0.3, -0.25) is 9.59 Å². The van der Waals surface area contributed by atoms with Crippen LogP contribution in [0.5, 0.6) is 0 Å². The van der Waals surface area contributed by atoms with E-state index in [0.717, 1.165) is 11.1 Å². The van der Waals surface area contributed by atoms with Crippen molar-refractivity contribution in [1.29, 1.82) is 0 Å². The summed E-state index contributed by atoms with van der Waals surface area (Å²) in [7, 11) is 1.70. The van der Waals surface area contributed by atoms with Crippen molar-refractivity contribution in [3.05, 3.63) is 69.7 Å². The highest BCUT2D eigenvalue weighted by Crippen LogP contribution is 2.27. The van der Waals surface area contributed by atoms with Crippen molar-refractivity contribution in [3.8, 4) is 0 Å². The Labute approximate surface area is 157 Å². The number of nitrogens with one attached hydrogen (secondary N) is 1. The van der Waals surface area contributed by atoms with Crippen molar-refractivity contribution >= 4 is 35.0 Å². The van der Waals surface area contributed by atoms with E-state index in [1.54, 1.807) is 24.1 Å². The first kappa shape index (κ1) is 19.3. The van der Waals surface area contributed by atoms with Gasteiger partial charge in [0.25, 0.3) is 0 Å². The third-order valence-electron chi connectivity index (χ3n) is 3.82. The Hall–Kier alpha value is -2.04. The van der Waals surface area contributed by atoms with Crippen molar-refractivity contribution in [2.75, 3.05) is 7.05 Å². The van der Waals surface area contributed by atoms with Crippen molar-refractivity contribution in [2.24, 2.45) is 0 Å². The van der Waals surface area contributed by atoms with Crippen molar-refractivity contribution in [1.82, 2.24) is 10.2 Å². The lowest BCUT2D eigenvalue weighted by Gasteiger charge is -2.23. The van der Waals surface area contributed by atoms with Gasteiger partial charge in [-0.1, -0.05) is 65.7 Å². The average Bonchev–Trinajstić information content (AvgIpc) is 2.58. The summed E-state index contributed by atoms with van der Waals surface area (Å²) in [6.07, 6.45) is 0.165. The summed E-state index contributed by atoms with van der Waals surface area (Å²) in [5, 5.41) is 3.74. The van der Waals surface area contributed by atoms with Gasteiger partial charge in [-0.15, -0.1) is 0 Å². The number of carbonyl (C=O) groups is 2. The first-order chi connectivity index (χ1) is 11.9. The standard InChI is InChI=1S/C19H20Cl2N2O2/c1-13(24)22-17(14-7-4-3-5-8-14)11-18(25)23(2)12-15-9-6-10-16(20)19(15)21/h3-10,17H,11-12H2,1-2H3,(H,22,24)/t17-/m1/s1. The van der Waals surface area contributed by atoms with Crippen LogP contribution in [0, 0.1) is 0 Å². The maximum atomic E-state index is 12.6. The van der Waals surface area contributed by atoms with E-state index in [1.165, 1.54) is 6.92 Å². The molecule has 1 N–H and O–H groups in total. The minimum Gasteiger partial charge on any atom is -0.349 e. The van der Waals surface area contributed by atoms with Gasteiger partial charge in [0.15, 0.2) is 0 Å². The molecule has 2 amide bonds. The molecule has 6 heteroatoms. The highest BCUT2D eigenvalue weighted by Gasteiger charge is 2.20. The summed E-state index contributed by atoms with van der Waals surface area (Å²) in [5.41, 5.74) is 1.67. The lowest BCUT2D eigenvalue weighted by molar-refractivity contribution is -0.131. The van der Waals surface area contributed by atoms with Crippen LogP contribution in [0.1, 0.15) is 30.5 Å². The number of rotatable bonds is 6. The molecule has 0 fully saturated rings. The van der Waals surface area contributed by atoms with Gasteiger partial charge in [0.2, 0.25) is 11.8 Å². The van der Waals surface area contributed by atoms with E-state index >= 15 is 0 Å². The van der Waals surface area contributed by atoms with Gasteiger partial charge < -0.3 is 10.2 Å². The molecule has 0 bridgehead atoms. The van der Waals surface area contributed by atoms with Gasteiger partial charge in [-0.25, -0.2) is 0 Å². The first-order valence-electron chi connectivity index (χ1n) is 7.87. The molecule has 0 unspecified atom stereocenters. The van der Waals surface area contributed by atoms with Gasteiger partial charge >= 0.3 is 0 Å². The molecule has 0 aliphatic carbocycles. The number of benzene rings is 2. The predicted octanol–water partition coefficient (Wildman–Crippen LogP) is 4.22. The van der Waals surface area contributed by atoms with Crippen LogP contribution in [0.15, 0.2) is 48.5 Å². The van der Waals surface area contributed by atoms with Gasteiger partial charge in [-0.2, -0.15) is 0 Å². The summed E-state index contributed by atoms with van der Waals surface area (Å²) >= 11 is 12.2. The Bertz CT molecular complexity index is 750. The Balaban J connectivity index is 2.09. The fourth-order valence-electron chi connectivity index (χ4n) is 2.53. The predicted molar refractivity (Wildman–Crippen MR) is 101 cm³/mol. The zero-order valence-corrected chi connectivity index (χ0v) is 15.6. The average molecular weight is 379 g/mol. The Morgan fingerprint density at radius 1 is 1.08 bits per heavy atom. The zero-order valence-electron chi connectivity index (χ0n) is 14.1. The number of nitrogens with zero attached hydrogens (tertiary/aromatic N) is 1. The van der Waals surface area contributed by atoms with E-state index < -0.39 is 0 Å². The van der Waals surface area contributed by atoms with Crippen LogP contribution in [0.25, 0.3) is 0 Å². The van der Waals surface area contributed by atoms with Crippen LogP contribution in [0.3, 0.4) is 0 Å². The molecule has 0 heterocycles. The summed E-state index contributed by atoms with van der Waals surface area (Å²) in [5.74, 6) is -0.277. The number of halogens is 2. The van der Waals surface area contributed by atoms with Gasteiger partial charge in [0.1, 0.15) is 0 Å². The molecule has 2 aromatic carbocycles. The van der Waals surface area contributed by atoms with E-state index in [9.17, 15) is 9.59 Å². The van der Waals surface area contributed by atoms with E-state index in [-0.39, 0.29) is 24.3 Å². The molecule has 0 radical (unpaired) electrons. The Morgan fingerprint density at radius 3 is 2.40 bits per heavy atom. The van der Waals surface area contributed by atoms with Gasteiger partial charge in [0, 0.05) is 20.5 Å². The van der Waals surface area contributed by atoms with Gasteiger partial charge in [0.05, 0.1) is 22.5 Å². The SMILES string of the molecule is CC(=O)N[C@H](CC(=O)N(C)Cc1cccc(Cl)c1Cl)c1ccccc1. The number of carbonyl (C=O) groups excluding carboxylic acids is 2. The largest absolute Gasteiger partial charge is 0.349 e. The maximum absolute atomic E-state index is 12.6. The second kappa shape index (κ2) is 8.88. The van der Waals surface area contributed by atoms with E-state index in [0.29, 0.717) is 16.6 Å². The monoisotopic (exact) mass is 378 g/mol. The molecule has 2 aromatic rings. The molecule has 2 rings (SSSR count). The Kier molecular flexibility index (Phi) is 6.85. The van der Waals surface area contributed by atoms with Crippen molar-refractivity contribution in [2.45, 2.75) is 25.9 Å². The van der Waals surface area contributed by atoms with Crippen LogP contribution in [-0.2, 0) is 16.1 Å². The van der Waals surface area contributed by atoms with Crippen LogP contribution >= 0.6 is 23.2 Å². The van der Waals surface area contributed by atoms with Crippen LogP contribution in [0.2, 0.25) is 10.0 Å². The van der Waals surface area contributed by atoms with E-state index in [2.05, 4.69) is 5.32 Å². The minimum atomic E-state index is -0.372. The van der Waals surface area contributed by atoms with Crippen LogP contribution in [-0.4, -0.2) is 23.8 Å². The second-order valence-corrected chi connectivity index (χ2v) is 6.62. The smallest absolute Gasteiger partial charge is 0.225 e. The van der Waals surface area contributed by atoms with Crippen LogP contribution < -0.4 is 5.32 Å². The van der Waals surface area contributed by atoms with Crippen molar-refractivity contribution in [3.63, 3.8) is 0 Å². The third kappa shape index (κ3) is 5.48. The molecular weight excluding hydrogens is 359 g/mol. The molecule has 1 atom stereocenters. The Morgan fingerprint density at radius 2 is 1.76 bits per heavy atom. The summed E-state index contributed by atoms with van der Waals surface area (Å²) in [6.45, 7) is 1.79. The zero-order chi connectivity index (χ0) is 18.4. The summed E-state index contributed by atoms with van der Waals surface area (Å²) in [6, 6.07) is 14.4. The molecular formula is C19H20Cl2N2O2. The fourth-order valence-corrected chi connectivity index (χ4v) is 2.91. The van der Waals surface area contributed by atoms with E-state index in [4.69, 9.17) is 23.2 Å². The topological polar surface area (TPSA) is 49.4 Å². The fraction of sp³-hybridized carbons (Fsp3) is 0.263. The first-order valence-corrected chi connectivity index (χ1v) is 8.63. The molecule has 0 spiro atoms. The van der Waals surface area contributed by atoms with Crippen LogP contribution in [0.4, 0.5) is 0 Å². The molecule has 0 aliphatic heterocycles. The molecule has 0 aliphatic rings. The molecule has 0 saturated carbocycles. The second-order valence-electron chi connectivity index (χ2n) is 5.83. The summed E-state index contributed by atoms with van der Waals surface area (Å²) in [4.78, 5) is 25.7. The molecule has 25 heavy (non-hydrogen) atoms. The molecule has 4 nitrogen and oxygen atoms in total. The quantitative estimate of drug-likeness (QED) is 0.817. The number of amides is 2.